The van der Waals surface area contributed by atoms with Crippen molar-refractivity contribution in [3.8, 4) is 0 Å². The van der Waals surface area contributed by atoms with Crippen molar-refractivity contribution < 1.29 is 14.1 Å². The molecule has 0 spiro atoms. The minimum absolute atomic E-state index is 0.161. The molecule has 9 nitrogen and oxygen atoms in total. The van der Waals surface area contributed by atoms with E-state index in [1.807, 2.05) is 0 Å². The van der Waals surface area contributed by atoms with Crippen LogP contribution in [0.2, 0.25) is 0 Å². The summed E-state index contributed by atoms with van der Waals surface area (Å²) in [6.07, 6.45) is 2.79. The van der Waals surface area contributed by atoms with Crippen LogP contribution in [-0.4, -0.2) is 26.9 Å². The van der Waals surface area contributed by atoms with Gasteiger partial charge in [0.25, 0.3) is 5.91 Å². The van der Waals surface area contributed by atoms with E-state index in [1.165, 1.54) is 19.3 Å². The Kier molecular flexibility index (Phi) is 4.88. The van der Waals surface area contributed by atoms with Gasteiger partial charge in [-0.2, -0.15) is 0 Å². The lowest BCUT2D eigenvalue weighted by Gasteiger charge is -2.07. The summed E-state index contributed by atoms with van der Waals surface area (Å²) in [4.78, 5) is 31.4. The van der Waals surface area contributed by atoms with Crippen molar-refractivity contribution in [1.82, 2.24) is 15.1 Å². The highest BCUT2D eigenvalue weighted by molar-refractivity contribution is 6.02. The molecule has 0 radical (unpaired) electrons. The maximum Gasteiger partial charge on any atom is 0.275 e. The summed E-state index contributed by atoms with van der Waals surface area (Å²) in [6, 6.07) is 8.46. The number of nitrogens with one attached hydrogen (secondary N) is 3. The van der Waals surface area contributed by atoms with Crippen LogP contribution in [0.3, 0.4) is 0 Å². The number of hydrogen-bond acceptors (Lipinski definition) is 7. The zero-order chi connectivity index (χ0) is 18.5. The summed E-state index contributed by atoms with van der Waals surface area (Å²) >= 11 is 0. The highest BCUT2D eigenvalue weighted by Crippen LogP contribution is 2.15. The van der Waals surface area contributed by atoms with Gasteiger partial charge in [0, 0.05) is 24.4 Å². The summed E-state index contributed by atoms with van der Waals surface area (Å²) < 4.78 is 4.95. The fourth-order valence-electron chi connectivity index (χ4n) is 2.10. The summed E-state index contributed by atoms with van der Waals surface area (Å²) in [5, 5.41) is 12.1. The molecular formula is C17H16N6O3. The molecule has 3 rings (SSSR count). The molecule has 9 heteroatoms. The van der Waals surface area contributed by atoms with Gasteiger partial charge < -0.3 is 20.5 Å². The van der Waals surface area contributed by atoms with E-state index in [2.05, 4.69) is 31.1 Å². The zero-order valence-corrected chi connectivity index (χ0v) is 14.1. The van der Waals surface area contributed by atoms with Gasteiger partial charge in [-0.15, -0.1) is 0 Å². The first-order valence-corrected chi connectivity index (χ1v) is 7.71. The quantitative estimate of drug-likeness (QED) is 0.645. The Bertz CT molecular complexity index is 918. The SMILES string of the molecule is CC(=O)Nc1ccc(NC(=O)c2cnc(Nc3cc(C)on3)cn2)cc1. The van der Waals surface area contributed by atoms with Gasteiger partial charge >= 0.3 is 0 Å². The lowest BCUT2D eigenvalue weighted by atomic mass is 10.2. The molecule has 2 amide bonds. The van der Waals surface area contributed by atoms with E-state index in [-0.39, 0.29) is 11.6 Å². The zero-order valence-electron chi connectivity index (χ0n) is 14.1. The number of hydrogen-bond donors (Lipinski definition) is 3. The molecule has 2 aromatic heterocycles. The van der Waals surface area contributed by atoms with Gasteiger partial charge in [-0.25, -0.2) is 9.97 Å². The summed E-state index contributed by atoms with van der Waals surface area (Å²) in [5.41, 5.74) is 1.39. The normalized spacial score (nSPS) is 10.2. The van der Waals surface area contributed by atoms with E-state index < -0.39 is 5.91 Å². The van der Waals surface area contributed by atoms with Gasteiger partial charge in [0.05, 0.1) is 12.4 Å². The standard InChI is InChI=1S/C17H16N6O3/c1-10-7-15(23-26-10)22-16-9-18-14(8-19-16)17(25)21-13-5-3-12(4-6-13)20-11(2)24/h3-9H,1-2H3,(H,20,24)(H,21,25)(H,19,22,23). The average molecular weight is 352 g/mol. The Morgan fingerprint density at radius 1 is 0.962 bits per heavy atom. The first-order chi connectivity index (χ1) is 12.5. The van der Waals surface area contributed by atoms with Crippen molar-refractivity contribution in [2.75, 3.05) is 16.0 Å². The molecule has 0 saturated carbocycles. The predicted molar refractivity (Wildman–Crippen MR) is 95.3 cm³/mol. The molecule has 0 aliphatic heterocycles. The van der Waals surface area contributed by atoms with Crippen molar-refractivity contribution in [3.05, 3.63) is 54.2 Å². The topological polar surface area (TPSA) is 122 Å². The van der Waals surface area contributed by atoms with Crippen molar-refractivity contribution >= 4 is 34.8 Å². The fraction of sp³-hybridized carbons (Fsp3) is 0.118. The Hall–Kier alpha value is -3.75. The van der Waals surface area contributed by atoms with E-state index >= 15 is 0 Å². The van der Waals surface area contributed by atoms with Crippen LogP contribution in [0.25, 0.3) is 0 Å². The maximum absolute atomic E-state index is 12.2. The average Bonchev–Trinajstić information content (AvgIpc) is 3.01. The summed E-state index contributed by atoms with van der Waals surface area (Å²) in [7, 11) is 0. The van der Waals surface area contributed by atoms with E-state index in [4.69, 9.17) is 4.52 Å². The number of aromatic nitrogens is 3. The molecule has 0 saturated heterocycles. The van der Waals surface area contributed by atoms with Crippen molar-refractivity contribution in [2.45, 2.75) is 13.8 Å². The fourth-order valence-corrected chi connectivity index (χ4v) is 2.10. The molecule has 0 aliphatic rings. The number of amides is 2. The number of carbonyl (C=O) groups excluding carboxylic acids is 2. The summed E-state index contributed by atoms with van der Waals surface area (Å²) in [6.45, 7) is 3.21. The van der Waals surface area contributed by atoms with E-state index in [0.717, 1.165) is 0 Å². The molecule has 1 aromatic carbocycles. The molecule has 26 heavy (non-hydrogen) atoms. The Morgan fingerprint density at radius 2 is 1.65 bits per heavy atom. The number of anilines is 4. The van der Waals surface area contributed by atoms with E-state index in [1.54, 1.807) is 37.3 Å². The third kappa shape index (κ3) is 4.41. The lowest BCUT2D eigenvalue weighted by Crippen LogP contribution is -2.14. The molecule has 132 valence electrons. The molecule has 0 unspecified atom stereocenters. The van der Waals surface area contributed by atoms with Gasteiger partial charge in [-0.1, -0.05) is 5.16 Å². The second-order valence-corrected chi connectivity index (χ2v) is 5.45. The Morgan fingerprint density at radius 3 is 2.19 bits per heavy atom. The second kappa shape index (κ2) is 7.43. The third-order valence-corrected chi connectivity index (χ3v) is 3.23. The number of rotatable bonds is 5. The van der Waals surface area contributed by atoms with Crippen LogP contribution in [0.15, 0.2) is 47.2 Å². The van der Waals surface area contributed by atoms with Gasteiger partial charge in [0.2, 0.25) is 5.91 Å². The van der Waals surface area contributed by atoms with Crippen LogP contribution in [0, 0.1) is 6.92 Å². The lowest BCUT2D eigenvalue weighted by molar-refractivity contribution is -0.114. The van der Waals surface area contributed by atoms with Crippen molar-refractivity contribution in [1.29, 1.82) is 0 Å². The molecule has 3 aromatic rings. The predicted octanol–water partition coefficient (Wildman–Crippen LogP) is 2.73. The molecule has 0 aliphatic carbocycles. The van der Waals surface area contributed by atoms with Gasteiger partial charge in [-0.3, -0.25) is 9.59 Å². The molecule has 0 bridgehead atoms. The van der Waals surface area contributed by atoms with Gasteiger partial charge in [0.1, 0.15) is 17.3 Å². The number of nitrogens with zero attached hydrogens (tertiary/aromatic N) is 3. The minimum Gasteiger partial charge on any atom is -0.360 e. The van der Waals surface area contributed by atoms with E-state index in [0.29, 0.717) is 28.8 Å². The van der Waals surface area contributed by atoms with Crippen LogP contribution in [0.4, 0.5) is 23.0 Å². The van der Waals surface area contributed by atoms with Crippen LogP contribution in [0.1, 0.15) is 23.2 Å². The van der Waals surface area contributed by atoms with Gasteiger partial charge in [0.15, 0.2) is 5.82 Å². The highest BCUT2D eigenvalue weighted by Gasteiger charge is 2.09. The Balaban J connectivity index is 1.61. The van der Waals surface area contributed by atoms with Crippen LogP contribution in [0.5, 0.6) is 0 Å². The van der Waals surface area contributed by atoms with Crippen molar-refractivity contribution in [3.63, 3.8) is 0 Å². The molecule has 3 N–H and O–H groups in total. The largest absolute Gasteiger partial charge is 0.360 e. The third-order valence-electron chi connectivity index (χ3n) is 3.23. The monoisotopic (exact) mass is 352 g/mol. The maximum atomic E-state index is 12.2. The number of benzene rings is 1. The van der Waals surface area contributed by atoms with Crippen molar-refractivity contribution in [2.24, 2.45) is 0 Å². The smallest absolute Gasteiger partial charge is 0.275 e. The first-order valence-electron chi connectivity index (χ1n) is 7.71. The molecule has 0 fully saturated rings. The molecule has 0 atom stereocenters. The first kappa shape index (κ1) is 17.1. The highest BCUT2D eigenvalue weighted by atomic mass is 16.5. The Labute approximate surface area is 148 Å². The number of carbonyl (C=O) groups is 2. The van der Waals surface area contributed by atoms with Crippen LogP contribution >= 0.6 is 0 Å². The molecule has 2 heterocycles. The van der Waals surface area contributed by atoms with Crippen LogP contribution in [-0.2, 0) is 4.79 Å². The van der Waals surface area contributed by atoms with E-state index in [9.17, 15) is 9.59 Å². The minimum atomic E-state index is -0.395. The molecular weight excluding hydrogens is 336 g/mol. The van der Waals surface area contributed by atoms with Gasteiger partial charge in [-0.05, 0) is 31.2 Å². The number of aryl methyl sites for hydroxylation is 1. The second-order valence-electron chi connectivity index (χ2n) is 5.45. The van der Waals surface area contributed by atoms with Crippen LogP contribution < -0.4 is 16.0 Å². The summed E-state index contributed by atoms with van der Waals surface area (Å²) in [5.74, 6) is 1.06.